The second-order valence-electron chi connectivity index (χ2n) is 6.21. The monoisotopic (exact) mass is 273 g/mol. The fraction of sp³-hybridized carbons (Fsp3) is 0.588. The molecule has 0 N–H and O–H groups in total. The van der Waals surface area contributed by atoms with Gasteiger partial charge >= 0.3 is 0 Å². The van der Waals surface area contributed by atoms with E-state index in [1.54, 1.807) is 0 Å². The maximum Gasteiger partial charge on any atom is 0.166 e. The first-order valence-corrected chi connectivity index (χ1v) is 7.61. The van der Waals surface area contributed by atoms with Crippen molar-refractivity contribution in [2.45, 2.75) is 38.3 Å². The zero-order valence-electron chi connectivity index (χ0n) is 12.3. The molecular weight excluding hydrogens is 250 g/mol. The molecule has 0 spiro atoms. The van der Waals surface area contributed by atoms with Crippen LogP contribution in [0.4, 0.5) is 0 Å². The number of morpholine rings is 1. The van der Waals surface area contributed by atoms with Gasteiger partial charge in [-0.2, -0.15) is 0 Å². The topological polar surface area (TPSA) is 29.5 Å². The van der Waals surface area contributed by atoms with Crippen LogP contribution in [0.2, 0.25) is 0 Å². The van der Waals surface area contributed by atoms with E-state index in [1.165, 1.54) is 5.56 Å². The number of carbonyl (C=O) groups excluding carboxylic acids is 1. The lowest BCUT2D eigenvalue weighted by molar-refractivity contribution is -0.138. The minimum absolute atomic E-state index is 0.175. The molecule has 1 saturated carbocycles. The summed E-state index contributed by atoms with van der Waals surface area (Å²) in [5.74, 6) is 0.903. The first-order valence-electron chi connectivity index (χ1n) is 7.61. The van der Waals surface area contributed by atoms with Crippen molar-refractivity contribution in [2.24, 2.45) is 5.92 Å². The van der Waals surface area contributed by atoms with Crippen LogP contribution in [0, 0.1) is 5.92 Å². The second kappa shape index (κ2) is 5.66. The second-order valence-corrected chi connectivity index (χ2v) is 6.21. The molecule has 1 heterocycles. The Bertz CT molecular complexity index is 471. The van der Waals surface area contributed by atoms with Gasteiger partial charge in [-0.1, -0.05) is 30.3 Å². The maximum atomic E-state index is 12.6. The van der Waals surface area contributed by atoms with E-state index in [9.17, 15) is 4.79 Å². The van der Waals surface area contributed by atoms with E-state index in [4.69, 9.17) is 4.74 Å². The summed E-state index contributed by atoms with van der Waals surface area (Å²) >= 11 is 0. The Labute approximate surface area is 120 Å². The van der Waals surface area contributed by atoms with Gasteiger partial charge in [-0.3, -0.25) is 9.69 Å². The highest BCUT2D eigenvalue weighted by Gasteiger charge is 2.47. The summed E-state index contributed by atoms with van der Waals surface area (Å²) in [6, 6.07) is 10.9. The van der Waals surface area contributed by atoms with E-state index in [-0.39, 0.29) is 12.0 Å². The predicted octanol–water partition coefficient (Wildman–Crippen LogP) is 2.47. The molecule has 1 saturated heterocycles. The number of nitrogens with zero attached hydrogens (tertiary/aromatic N) is 1. The average molecular weight is 273 g/mol. The van der Waals surface area contributed by atoms with E-state index < -0.39 is 0 Å². The molecular formula is C17H23NO2. The molecule has 0 radical (unpaired) electrons. The van der Waals surface area contributed by atoms with Crippen molar-refractivity contribution in [2.75, 3.05) is 19.7 Å². The van der Waals surface area contributed by atoms with Crippen LogP contribution in [0.15, 0.2) is 30.3 Å². The maximum absolute atomic E-state index is 12.6. The zero-order chi connectivity index (χ0) is 14.1. The lowest BCUT2D eigenvalue weighted by Gasteiger charge is -2.34. The van der Waals surface area contributed by atoms with Crippen LogP contribution >= 0.6 is 0 Å². The lowest BCUT2D eigenvalue weighted by atomic mass is 10.0. The summed E-state index contributed by atoms with van der Waals surface area (Å²) in [4.78, 5) is 14.9. The summed E-state index contributed by atoms with van der Waals surface area (Å²) < 4.78 is 5.71. The SMILES string of the molecule is CC(C)N1CCOC(C(=O)C2CC2c2ccccc2)C1. The third kappa shape index (κ3) is 2.79. The van der Waals surface area contributed by atoms with Crippen LogP contribution in [0.5, 0.6) is 0 Å². The van der Waals surface area contributed by atoms with Crippen LogP contribution < -0.4 is 0 Å². The van der Waals surface area contributed by atoms with Crippen LogP contribution in [0.25, 0.3) is 0 Å². The number of ether oxygens (including phenoxy) is 1. The third-order valence-electron chi connectivity index (χ3n) is 4.53. The molecule has 3 unspecified atom stereocenters. The summed E-state index contributed by atoms with van der Waals surface area (Å²) in [6.07, 6.45) is 0.773. The molecule has 3 rings (SSSR count). The minimum Gasteiger partial charge on any atom is -0.368 e. The molecule has 108 valence electrons. The van der Waals surface area contributed by atoms with Gasteiger partial charge in [-0.05, 0) is 31.7 Å². The van der Waals surface area contributed by atoms with Gasteiger partial charge in [0.2, 0.25) is 0 Å². The number of benzene rings is 1. The predicted molar refractivity (Wildman–Crippen MR) is 78.7 cm³/mol. The Hall–Kier alpha value is -1.19. The first kappa shape index (κ1) is 13.8. The van der Waals surface area contributed by atoms with E-state index in [1.807, 2.05) is 18.2 Å². The molecule has 2 aliphatic rings. The van der Waals surface area contributed by atoms with Crippen molar-refractivity contribution in [3.05, 3.63) is 35.9 Å². The standard InChI is InChI=1S/C17H23NO2/c1-12(2)18-8-9-20-16(11-18)17(19)15-10-14(15)13-6-4-3-5-7-13/h3-7,12,14-16H,8-11H2,1-2H3. The molecule has 1 aliphatic heterocycles. The van der Waals surface area contributed by atoms with Gasteiger partial charge in [0.05, 0.1) is 6.61 Å². The van der Waals surface area contributed by atoms with Gasteiger partial charge < -0.3 is 4.74 Å². The number of rotatable bonds is 4. The number of carbonyl (C=O) groups is 1. The third-order valence-corrected chi connectivity index (χ3v) is 4.53. The van der Waals surface area contributed by atoms with Gasteiger partial charge in [0.1, 0.15) is 6.10 Å². The lowest BCUT2D eigenvalue weighted by Crippen LogP contribution is -2.49. The number of ketones is 1. The highest BCUT2D eigenvalue weighted by molar-refractivity contribution is 5.89. The highest BCUT2D eigenvalue weighted by Crippen LogP contribution is 2.48. The Kier molecular flexibility index (Phi) is 3.90. The van der Waals surface area contributed by atoms with Gasteiger partial charge in [-0.15, -0.1) is 0 Å². The Morgan fingerprint density at radius 2 is 2.05 bits per heavy atom. The summed E-state index contributed by atoms with van der Waals surface area (Å²) in [7, 11) is 0. The van der Waals surface area contributed by atoms with E-state index in [0.29, 0.717) is 24.3 Å². The summed E-state index contributed by atoms with van der Waals surface area (Å²) in [5.41, 5.74) is 1.29. The van der Waals surface area contributed by atoms with Crippen molar-refractivity contribution in [1.82, 2.24) is 4.90 Å². The smallest absolute Gasteiger partial charge is 0.166 e. The van der Waals surface area contributed by atoms with Gasteiger partial charge in [0.15, 0.2) is 5.78 Å². The van der Waals surface area contributed by atoms with Crippen LogP contribution in [0.1, 0.15) is 31.7 Å². The molecule has 2 fully saturated rings. The van der Waals surface area contributed by atoms with E-state index in [0.717, 1.165) is 19.5 Å². The molecule has 1 aromatic carbocycles. The van der Waals surface area contributed by atoms with Crippen LogP contribution in [-0.2, 0) is 9.53 Å². The van der Waals surface area contributed by atoms with Crippen LogP contribution in [-0.4, -0.2) is 42.5 Å². The average Bonchev–Trinajstić information content (AvgIpc) is 3.28. The van der Waals surface area contributed by atoms with Gasteiger partial charge in [0, 0.05) is 25.0 Å². The van der Waals surface area contributed by atoms with Crippen molar-refractivity contribution < 1.29 is 9.53 Å². The normalized spacial score (nSPS) is 30.4. The van der Waals surface area contributed by atoms with E-state index >= 15 is 0 Å². The van der Waals surface area contributed by atoms with Crippen molar-refractivity contribution >= 4 is 5.78 Å². The largest absolute Gasteiger partial charge is 0.368 e. The molecule has 0 amide bonds. The number of hydrogen-bond acceptors (Lipinski definition) is 3. The molecule has 0 bridgehead atoms. The number of Topliss-reactive ketones (excluding diaryl/α,β-unsaturated/α-hetero) is 1. The molecule has 1 aliphatic carbocycles. The fourth-order valence-electron chi connectivity index (χ4n) is 3.13. The molecule has 0 aromatic heterocycles. The fourth-order valence-corrected chi connectivity index (χ4v) is 3.13. The first-order chi connectivity index (χ1) is 9.66. The van der Waals surface area contributed by atoms with Crippen LogP contribution in [0.3, 0.4) is 0 Å². The Balaban J connectivity index is 1.60. The quantitative estimate of drug-likeness (QED) is 0.844. The Morgan fingerprint density at radius 3 is 2.75 bits per heavy atom. The van der Waals surface area contributed by atoms with Crippen molar-refractivity contribution in [3.8, 4) is 0 Å². The molecule has 3 atom stereocenters. The summed E-state index contributed by atoms with van der Waals surface area (Å²) in [6.45, 7) is 6.73. The summed E-state index contributed by atoms with van der Waals surface area (Å²) in [5, 5.41) is 0. The van der Waals surface area contributed by atoms with E-state index in [2.05, 4.69) is 30.9 Å². The molecule has 1 aromatic rings. The molecule has 3 heteroatoms. The zero-order valence-corrected chi connectivity index (χ0v) is 12.3. The number of hydrogen-bond donors (Lipinski definition) is 0. The van der Waals surface area contributed by atoms with Gasteiger partial charge in [-0.25, -0.2) is 0 Å². The minimum atomic E-state index is -0.218. The van der Waals surface area contributed by atoms with Crippen molar-refractivity contribution in [1.29, 1.82) is 0 Å². The molecule has 3 nitrogen and oxygen atoms in total. The highest BCUT2D eigenvalue weighted by atomic mass is 16.5. The van der Waals surface area contributed by atoms with Crippen molar-refractivity contribution in [3.63, 3.8) is 0 Å². The van der Waals surface area contributed by atoms with Gasteiger partial charge in [0.25, 0.3) is 0 Å². The molecule has 20 heavy (non-hydrogen) atoms. The Morgan fingerprint density at radius 1 is 1.30 bits per heavy atom.